The monoisotopic (exact) mass is 422 g/mol. The molecule has 1 saturated carbocycles. The lowest BCUT2D eigenvalue weighted by Crippen LogP contribution is -2.49. The quantitative estimate of drug-likeness (QED) is 0.678. The Kier molecular flexibility index (Phi) is 4.60. The second-order valence-electron chi connectivity index (χ2n) is 8.29. The van der Waals surface area contributed by atoms with Crippen LogP contribution >= 0.6 is 0 Å². The molecule has 2 aliphatic rings. The van der Waals surface area contributed by atoms with Crippen molar-refractivity contribution in [2.24, 2.45) is 0 Å². The van der Waals surface area contributed by atoms with E-state index < -0.39 is 11.7 Å². The van der Waals surface area contributed by atoms with Gasteiger partial charge in [-0.1, -0.05) is 18.2 Å². The standard InChI is InChI=1S/C22H23FN6O2/c1-27(14-6-7-14)20(30)12-29-18-5-3-2-4-15(18)21(26-29)13-10-28(11-13)22(31)16-8-19(24)25-9-17(16)23/h2-5,8-9,13-14H,6-7,10-12H2,1H3,(H2,24,25). The van der Waals surface area contributed by atoms with Crippen LogP contribution in [-0.2, 0) is 11.3 Å². The molecule has 1 aromatic carbocycles. The van der Waals surface area contributed by atoms with Gasteiger partial charge in [0.25, 0.3) is 5.91 Å². The maximum absolute atomic E-state index is 14.0. The van der Waals surface area contributed by atoms with Crippen LogP contribution in [0.15, 0.2) is 36.5 Å². The highest BCUT2D eigenvalue weighted by Crippen LogP contribution is 2.33. The van der Waals surface area contributed by atoms with E-state index in [-0.39, 0.29) is 29.8 Å². The number of hydrogen-bond acceptors (Lipinski definition) is 5. The van der Waals surface area contributed by atoms with Crippen LogP contribution < -0.4 is 5.73 Å². The summed E-state index contributed by atoms with van der Waals surface area (Å²) < 4.78 is 15.8. The zero-order chi connectivity index (χ0) is 21.7. The lowest BCUT2D eigenvalue weighted by Gasteiger charge is -2.38. The second kappa shape index (κ2) is 7.33. The molecule has 0 radical (unpaired) electrons. The summed E-state index contributed by atoms with van der Waals surface area (Å²) in [6.45, 7) is 1.04. The highest BCUT2D eigenvalue weighted by molar-refractivity contribution is 5.96. The summed E-state index contributed by atoms with van der Waals surface area (Å²) in [6, 6.07) is 9.41. The summed E-state index contributed by atoms with van der Waals surface area (Å²) in [7, 11) is 1.84. The average Bonchev–Trinajstić information content (AvgIpc) is 3.52. The van der Waals surface area contributed by atoms with E-state index in [0.29, 0.717) is 19.1 Å². The van der Waals surface area contributed by atoms with Gasteiger partial charge in [-0.05, 0) is 25.0 Å². The third-order valence-electron chi connectivity index (χ3n) is 6.12. The predicted molar refractivity (Wildman–Crippen MR) is 113 cm³/mol. The van der Waals surface area contributed by atoms with E-state index in [1.165, 1.54) is 6.07 Å². The van der Waals surface area contributed by atoms with Gasteiger partial charge in [0, 0.05) is 37.5 Å². The molecular weight excluding hydrogens is 399 g/mol. The van der Waals surface area contributed by atoms with Gasteiger partial charge in [-0.3, -0.25) is 14.3 Å². The smallest absolute Gasteiger partial charge is 0.257 e. The van der Waals surface area contributed by atoms with Crippen LogP contribution in [0.4, 0.5) is 10.2 Å². The van der Waals surface area contributed by atoms with E-state index in [1.54, 1.807) is 14.5 Å². The first-order valence-corrected chi connectivity index (χ1v) is 10.3. The molecule has 8 nitrogen and oxygen atoms in total. The van der Waals surface area contributed by atoms with Crippen molar-refractivity contribution >= 4 is 28.5 Å². The molecule has 5 rings (SSSR count). The van der Waals surface area contributed by atoms with Crippen molar-refractivity contribution < 1.29 is 14.0 Å². The summed E-state index contributed by atoms with van der Waals surface area (Å²) in [6.07, 6.45) is 3.08. The fraction of sp³-hybridized carbons (Fsp3) is 0.364. The minimum atomic E-state index is -0.685. The molecule has 3 heterocycles. The molecule has 9 heteroatoms. The van der Waals surface area contributed by atoms with Crippen molar-refractivity contribution in [2.45, 2.75) is 31.3 Å². The number of amides is 2. The Morgan fingerprint density at radius 1 is 1.26 bits per heavy atom. The number of aromatic nitrogens is 3. The van der Waals surface area contributed by atoms with Gasteiger partial charge in [-0.2, -0.15) is 5.10 Å². The molecule has 2 N–H and O–H groups in total. The van der Waals surface area contributed by atoms with E-state index in [2.05, 4.69) is 4.98 Å². The van der Waals surface area contributed by atoms with Gasteiger partial charge in [0.05, 0.1) is 23.0 Å². The lowest BCUT2D eigenvalue weighted by atomic mass is 9.93. The molecule has 2 fully saturated rings. The Balaban J connectivity index is 1.35. The van der Waals surface area contributed by atoms with Crippen molar-refractivity contribution in [3.8, 4) is 0 Å². The number of rotatable bonds is 5. The van der Waals surface area contributed by atoms with Crippen LogP contribution in [0.5, 0.6) is 0 Å². The van der Waals surface area contributed by atoms with Gasteiger partial charge < -0.3 is 15.5 Å². The van der Waals surface area contributed by atoms with Crippen LogP contribution in [0.2, 0.25) is 0 Å². The van der Waals surface area contributed by atoms with E-state index in [9.17, 15) is 14.0 Å². The Morgan fingerprint density at radius 2 is 2.00 bits per heavy atom. The second-order valence-corrected chi connectivity index (χ2v) is 8.29. The van der Waals surface area contributed by atoms with E-state index in [4.69, 9.17) is 10.8 Å². The fourth-order valence-electron chi connectivity index (χ4n) is 4.09. The SMILES string of the molecule is CN(C(=O)Cn1nc(C2CN(C(=O)c3cc(N)ncc3F)C2)c2ccccc21)C1CC1. The Labute approximate surface area is 178 Å². The largest absolute Gasteiger partial charge is 0.384 e. The van der Waals surface area contributed by atoms with E-state index in [0.717, 1.165) is 35.6 Å². The number of para-hydroxylation sites is 1. The molecule has 2 amide bonds. The molecule has 3 aromatic rings. The minimum Gasteiger partial charge on any atom is -0.384 e. The van der Waals surface area contributed by atoms with E-state index in [1.807, 2.05) is 31.3 Å². The number of fused-ring (bicyclic) bond motifs is 1. The fourth-order valence-corrected chi connectivity index (χ4v) is 4.09. The maximum Gasteiger partial charge on any atom is 0.257 e. The summed E-state index contributed by atoms with van der Waals surface area (Å²) >= 11 is 0. The zero-order valence-corrected chi connectivity index (χ0v) is 17.2. The molecule has 1 aliphatic carbocycles. The van der Waals surface area contributed by atoms with Crippen LogP contribution in [0.3, 0.4) is 0 Å². The normalized spacial score (nSPS) is 16.4. The van der Waals surface area contributed by atoms with Gasteiger partial charge in [-0.15, -0.1) is 0 Å². The van der Waals surface area contributed by atoms with Crippen LogP contribution in [0.25, 0.3) is 10.9 Å². The number of hydrogen-bond donors (Lipinski definition) is 1. The van der Waals surface area contributed by atoms with Crippen molar-refractivity contribution in [3.63, 3.8) is 0 Å². The number of benzene rings is 1. The molecule has 31 heavy (non-hydrogen) atoms. The van der Waals surface area contributed by atoms with Crippen LogP contribution in [0, 0.1) is 5.82 Å². The number of likely N-dealkylation sites (tertiary alicyclic amines) is 1. The zero-order valence-electron chi connectivity index (χ0n) is 17.2. The molecule has 1 saturated heterocycles. The number of nitrogen functional groups attached to an aromatic ring is 1. The maximum atomic E-state index is 14.0. The topological polar surface area (TPSA) is 97.4 Å². The first-order valence-electron chi connectivity index (χ1n) is 10.3. The number of likely N-dealkylation sites (N-methyl/N-ethyl adjacent to an activating group) is 1. The van der Waals surface area contributed by atoms with E-state index >= 15 is 0 Å². The van der Waals surface area contributed by atoms with Gasteiger partial charge >= 0.3 is 0 Å². The van der Waals surface area contributed by atoms with Crippen LogP contribution in [-0.4, -0.2) is 62.6 Å². The van der Waals surface area contributed by atoms with Crippen molar-refractivity contribution in [1.29, 1.82) is 0 Å². The first-order chi connectivity index (χ1) is 14.9. The highest BCUT2D eigenvalue weighted by atomic mass is 19.1. The molecular formula is C22H23FN6O2. The third kappa shape index (κ3) is 3.49. The number of nitrogens with zero attached hydrogens (tertiary/aromatic N) is 5. The van der Waals surface area contributed by atoms with Gasteiger partial charge in [0.2, 0.25) is 5.91 Å². The molecule has 2 aromatic heterocycles. The number of pyridine rings is 1. The van der Waals surface area contributed by atoms with Gasteiger partial charge in [0.15, 0.2) is 5.82 Å². The Bertz CT molecular complexity index is 1180. The number of anilines is 1. The molecule has 0 spiro atoms. The number of carbonyl (C=O) groups is 2. The van der Waals surface area contributed by atoms with Gasteiger partial charge in [0.1, 0.15) is 12.4 Å². The lowest BCUT2D eigenvalue weighted by molar-refractivity contribution is -0.131. The third-order valence-corrected chi connectivity index (χ3v) is 6.12. The Hall–Kier alpha value is -3.49. The minimum absolute atomic E-state index is 0.0219. The molecule has 0 unspecified atom stereocenters. The summed E-state index contributed by atoms with van der Waals surface area (Å²) in [5.74, 6) is -0.928. The number of halogens is 1. The Morgan fingerprint density at radius 3 is 2.74 bits per heavy atom. The predicted octanol–water partition coefficient (Wildman–Crippen LogP) is 2.01. The summed E-state index contributed by atoms with van der Waals surface area (Å²) in [4.78, 5) is 32.3. The van der Waals surface area contributed by atoms with Crippen LogP contribution in [0.1, 0.15) is 34.8 Å². The van der Waals surface area contributed by atoms with Crippen molar-refractivity contribution in [3.05, 3.63) is 53.6 Å². The van der Waals surface area contributed by atoms with Crippen molar-refractivity contribution in [1.82, 2.24) is 24.6 Å². The molecule has 1 aliphatic heterocycles. The van der Waals surface area contributed by atoms with Crippen molar-refractivity contribution in [2.75, 3.05) is 25.9 Å². The number of nitrogens with two attached hydrogens (primary N) is 1. The highest BCUT2D eigenvalue weighted by Gasteiger charge is 2.36. The number of carbonyl (C=O) groups excluding carboxylic acids is 2. The summed E-state index contributed by atoms with van der Waals surface area (Å²) in [5, 5.41) is 5.71. The average molecular weight is 422 g/mol. The first kappa shape index (κ1) is 19.5. The van der Waals surface area contributed by atoms with Gasteiger partial charge in [-0.25, -0.2) is 9.37 Å². The molecule has 0 bridgehead atoms. The summed E-state index contributed by atoms with van der Waals surface area (Å²) in [5.41, 5.74) is 7.28. The molecule has 0 atom stereocenters. The molecule has 160 valence electrons.